The third kappa shape index (κ3) is 5.80. The number of amides is 1. The Bertz CT molecular complexity index is 1170. The summed E-state index contributed by atoms with van der Waals surface area (Å²) >= 11 is 0. The number of hydrogen-bond donors (Lipinski definition) is 0. The van der Waals surface area contributed by atoms with Crippen LogP contribution >= 0.6 is 0 Å². The second-order valence-corrected chi connectivity index (χ2v) is 7.52. The number of rotatable bonds is 5. The molecule has 7 nitrogen and oxygen atoms in total. The van der Waals surface area contributed by atoms with Gasteiger partial charge in [-0.05, 0) is 23.8 Å². The van der Waals surface area contributed by atoms with Gasteiger partial charge in [0.05, 0.1) is 31.9 Å². The summed E-state index contributed by atoms with van der Waals surface area (Å²) in [7, 11) is 0. The summed E-state index contributed by atoms with van der Waals surface area (Å²) in [5.41, 5.74) is -0.234. The van der Waals surface area contributed by atoms with E-state index < -0.39 is 35.8 Å². The summed E-state index contributed by atoms with van der Waals surface area (Å²) in [6, 6.07) is 10.1. The van der Waals surface area contributed by atoms with Gasteiger partial charge in [-0.15, -0.1) is 0 Å². The van der Waals surface area contributed by atoms with Gasteiger partial charge in [-0.25, -0.2) is 0 Å². The summed E-state index contributed by atoms with van der Waals surface area (Å²) < 4.78 is 92.7. The van der Waals surface area contributed by atoms with Crippen LogP contribution in [0, 0.1) is 0 Å². The molecule has 0 radical (unpaired) electrons. The fraction of sp³-hybridized carbons (Fsp3) is 0.318. The summed E-state index contributed by atoms with van der Waals surface area (Å²) in [6.45, 7) is 0.264. The first-order valence-corrected chi connectivity index (χ1v) is 10.2. The number of aromatic nitrogens is 2. The molecule has 4 rings (SSSR count). The lowest BCUT2D eigenvalue weighted by Crippen LogP contribution is -2.45. The molecule has 1 aliphatic heterocycles. The van der Waals surface area contributed by atoms with Crippen LogP contribution in [0.2, 0.25) is 0 Å². The van der Waals surface area contributed by atoms with Crippen LogP contribution in [-0.4, -0.2) is 42.0 Å². The van der Waals surface area contributed by atoms with Gasteiger partial charge in [0.2, 0.25) is 5.82 Å². The summed E-state index contributed by atoms with van der Waals surface area (Å²) in [4.78, 5) is 17.6. The SMILES string of the molecule is O=C(C1COCCO1)N(Cc1ccc(-c2noc(C(F)(F)F)n2)cc1)c1cccc(C(F)(F)F)c1. The van der Waals surface area contributed by atoms with E-state index >= 15 is 0 Å². The summed E-state index contributed by atoms with van der Waals surface area (Å²) in [5, 5.41) is 3.31. The smallest absolute Gasteiger partial charge is 0.376 e. The van der Waals surface area contributed by atoms with Gasteiger partial charge in [-0.3, -0.25) is 4.79 Å². The highest BCUT2D eigenvalue weighted by Gasteiger charge is 2.38. The van der Waals surface area contributed by atoms with E-state index in [2.05, 4.69) is 14.7 Å². The van der Waals surface area contributed by atoms with Crippen LogP contribution in [0.4, 0.5) is 32.0 Å². The van der Waals surface area contributed by atoms with Crippen LogP contribution in [0.5, 0.6) is 0 Å². The second kappa shape index (κ2) is 9.66. The lowest BCUT2D eigenvalue weighted by Gasteiger charge is -2.30. The molecule has 1 amide bonds. The van der Waals surface area contributed by atoms with Crippen molar-refractivity contribution in [3.63, 3.8) is 0 Å². The average molecular weight is 501 g/mol. The lowest BCUT2D eigenvalue weighted by atomic mass is 10.1. The Morgan fingerprint density at radius 3 is 2.34 bits per heavy atom. The van der Waals surface area contributed by atoms with Gasteiger partial charge in [0.1, 0.15) is 0 Å². The first kappa shape index (κ1) is 24.7. The number of alkyl halides is 6. The quantitative estimate of drug-likeness (QED) is 0.471. The molecule has 1 saturated heterocycles. The minimum atomic E-state index is -4.79. The first-order chi connectivity index (χ1) is 16.5. The fourth-order valence-electron chi connectivity index (χ4n) is 3.35. The molecule has 1 unspecified atom stereocenters. The van der Waals surface area contributed by atoms with Crippen molar-refractivity contribution < 1.29 is 45.1 Å². The highest BCUT2D eigenvalue weighted by molar-refractivity contribution is 5.96. The molecular weight excluding hydrogens is 484 g/mol. The Balaban J connectivity index is 1.61. The molecule has 1 aromatic heterocycles. The topological polar surface area (TPSA) is 77.7 Å². The van der Waals surface area contributed by atoms with Crippen molar-refractivity contribution in [2.45, 2.75) is 25.0 Å². The molecule has 0 aliphatic carbocycles. The Hall–Kier alpha value is -3.45. The molecule has 13 heteroatoms. The monoisotopic (exact) mass is 501 g/mol. The molecule has 2 heterocycles. The molecule has 3 aromatic rings. The van der Waals surface area contributed by atoms with Crippen molar-refractivity contribution in [1.82, 2.24) is 10.1 Å². The molecule has 1 fully saturated rings. The molecular formula is C22H17F6N3O4. The van der Waals surface area contributed by atoms with Crippen LogP contribution in [0.15, 0.2) is 53.1 Å². The fourth-order valence-corrected chi connectivity index (χ4v) is 3.35. The minimum Gasteiger partial charge on any atom is -0.376 e. The highest BCUT2D eigenvalue weighted by atomic mass is 19.4. The largest absolute Gasteiger partial charge is 0.471 e. The van der Waals surface area contributed by atoms with Gasteiger partial charge in [-0.2, -0.15) is 31.3 Å². The number of carbonyl (C=O) groups is 1. The predicted molar refractivity (Wildman–Crippen MR) is 108 cm³/mol. The maximum atomic E-state index is 13.3. The Morgan fingerprint density at radius 2 is 1.74 bits per heavy atom. The van der Waals surface area contributed by atoms with E-state index in [1.807, 2.05) is 0 Å². The van der Waals surface area contributed by atoms with Gasteiger partial charge in [0.25, 0.3) is 5.91 Å². The van der Waals surface area contributed by atoms with Crippen LogP contribution in [-0.2, 0) is 33.2 Å². The normalized spacial score (nSPS) is 16.8. The van der Waals surface area contributed by atoms with Gasteiger partial charge >= 0.3 is 18.2 Å². The zero-order valence-electron chi connectivity index (χ0n) is 17.8. The molecule has 1 atom stereocenters. The van der Waals surface area contributed by atoms with Gasteiger partial charge in [0.15, 0.2) is 6.10 Å². The van der Waals surface area contributed by atoms with Gasteiger partial charge in [0, 0.05) is 11.3 Å². The number of carbonyl (C=O) groups excluding carboxylic acids is 1. The molecule has 0 N–H and O–H groups in total. The number of anilines is 1. The number of hydrogen-bond acceptors (Lipinski definition) is 6. The third-order valence-electron chi connectivity index (χ3n) is 5.06. The van der Waals surface area contributed by atoms with E-state index in [0.717, 1.165) is 17.0 Å². The Labute approximate surface area is 194 Å². The highest BCUT2D eigenvalue weighted by Crippen LogP contribution is 2.33. The summed E-state index contributed by atoms with van der Waals surface area (Å²) in [5.74, 6) is -2.38. The maximum absolute atomic E-state index is 13.3. The number of benzene rings is 2. The van der Waals surface area contributed by atoms with Crippen molar-refractivity contribution in [1.29, 1.82) is 0 Å². The molecule has 186 valence electrons. The molecule has 0 saturated carbocycles. The number of halogens is 6. The Kier molecular flexibility index (Phi) is 6.81. The molecule has 0 spiro atoms. The number of ether oxygens (including phenoxy) is 2. The molecule has 35 heavy (non-hydrogen) atoms. The van der Waals surface area contributed by atoms with Crippen LogP contribution < -0.4 is 4.90 Å². The summed E-state index contributed by atoms with van der Waals surface area (Å²) in [6.07, 6.45) is -10.4. The second-order valence-electron chi connectivity index (χ2n) is 7.52. The standard InChI is InChI=1S/C22H17F6N3O4/c23-21(24,25)15-2-1-3-16(10-15)31(19(32)17-12-33-8-9-34-17)11-13-4-6-14(7-5-13)18-29-20(35-30-18)22(26,27)28/h1-7,10,17H,8-9,11-12H2. The minimum absolute atomic E-state index is 0.00365. The van der Waals surface area contributed by atoms with Crippen LogP contribution in [0.1, 0.15) is 17.0 Å². The zero-order chi connectivity index (χ0) is 25.2. The van der Waals surface area contributed by atoms with Crippen LogP contribution in [0.3, 0.4) is 0 Å². The van der Waals surface area contributed by atoms with Crippen molar-refractivity contribution in [3.05, 3.63) is 65.5 Å². The average Bonchev–Trinajstić information content (AvgIpc) is 3.34. The number of nitrogens with zero attached hydrogens (tertiary/aromatic N) is 3. The van der Waals surface area contributed by atoms with E-state index in [0.29, 0.717) is 12.2 Å². The van der Waals surface area contributed by atoms with Gasteiger partial charge in [-0.1, -0.05) is 35.5 Å². The van der Waals surface area contributed by atoms with Crippen LogP contribution in [0.25, 0.3) is 11.4 Å². The Morgan fingerprint density at radius 1 is 1.00 bits per heavy atom. The van der Waals surface area contributed by atoms with Crippen molar-refractivity contribution in [2.75, 3.05) is 24.7 Å². The van der Waals surface area contributed by atoms with Crippen molar-refractivity contribution in [2.24, 2.45) is 0 Å². The zero-order valence-corrected chi connectivity index (χ0v) is 17.8. The van der Waals surface area contributed by atoms with E-state index in [1.165, 1.54) is 36.4 Å². The first-order valence-electron chi connectivity index (χ1n) is 10.2. The van der Waals surface area contributed by atoms with Crippen molar-refractivity contribution >= 4 is 11.6 Å². The van der Waals surface area contributed by atoms with Crippen molar-refractivity contribution in [3.8, 4) is 11.4 Å². The third-order valence-corrected chi connectivity index (χ3v) is 5.06. The predicted octanol–water partition coefficient (Wildman–Crippen LogP) is 4.72. The molecule has 0 bridgehead atoms. The molecule has 1 aliphatic rings. The molecule has 2 aromatic carbocycles. The van der Waals surface area contributed by atoms with E-state index in [1.54, 1.807) is 0 Å². The van der Waals surface area contributed by atoms with E-state index in [4.69, 9.17) is 9.47 Å². The van der Waals surface area contributed by atoms with E-state index in [-0.39, 0.29) is 36.8 Å². The van der Waals surface area contributed by atoms with E-state index in [9.17, 15) is 31.1 Å². The lowest BCUT2D eigenvalue weighted by molar-refractivity contribution is -0.159. The maximum Gasteiger partial charge on any atom is 0.471 e. The van der Waals surface area contributed by atoms with Gasteiger partial charge < -0.3 is 18.9 Å².